The summed E-state index contributed by atoms with van der Waals surface area (Å²) in [5, 5.41) is 0. The fourth-order valence-electron chi connectivity index (χ4n) is 2.02. The molecule has 0 aliphatic rings. The highest BCUT2D eigenvalue weighted by Gasteiger charge is 2.31. The van der Waals surface area contributed by atoms with E-state index in [2.05, 4.69) is 0 Å². The highest BCUT2D eigenvalue weighted by atomic mass is 19.4. The Morgan fingerprint density at radius 2 is 1.71 bits per heavy atom. The third-order valence-electron chi connectivity index (χ3n) is 3.11. The molecule has 1 unspecified atom stereocenters. The Kier molecular flexibility index (Phi) is 4.43. The van der Waals surface area contributed by atoms with Crippen molar-refractivity contribution in [1.82, 2.24) is 0 Å². The Morgan fingerprint density at radius 1 is 1.05 bits per heavy atom. The van der Waals surface area contributed by atoms with E-state index in [-0.39, 0.29) is 12.0 Å². The topological polar surface area (TPSA) is 43.1 Å². The average Bonchev–Trinajstić information content (AvgIpc) is 2.46. The van der Waals surface area contributed by atoms with E-state index in [1.807, 2.05) is 30.3 Å². The molecule has 0 bridgehead atoms. The van der Waals surface area contributed by atoms with Gasteiger partial charge in [0.1, 0.15) is 0 Å². The smallest absolute Gasteiger partial charge is 0.321 e. The van der Waals surface area contributed by atoms with Crippen LogP contribution in [0, 0.1) is 0 Å². The van der Waals surface area contributed by atoms with Crippen LogP contribution in [0.2, 0.25) is 0 Å². The predicted octanol–water partition coefficient (Wildman–Crippen LogP) is 3.46. The second-order valence-corrected chi connectivity index (χ2v) is 4.74. The minimum absolute atomic E-state index is 0.0201. The van der Waals surface area contributed by atoms with Crippen LogP contribution in [0.15, 0.2) is 54.6 Å². The molecule has 0 radical (unpaired) electrons. The third-order valence-corrected chi connectivity index (χ3v) is 3.11. The first-order chi connectivity index (χ1) is 9.88. The highest BCUT2D eigenvalue weighted by molar-refractivity contribution is 6.00. The van der Waals surface area contributed by atoms with Crippen LogP contribution in [-0.4, -0.2) is 11.8 Å². The summed E-state index contributed by atoms with van der Waals surface area (Å²) < 4.78 is 37.9. The number of hydrogen-bond donors (Lipinski definition) is 1. The van der Waals surface area contributed by atoms with Crippen LogP contribution in [0.1, 0.15) is 21.5 Å². The lowest BCUT2D eigenvalue weighted by Crippen LogP contribution is -2.32. The molecule has 2 N–H and O–H groups in total. The number of halogens is 3. The maximum absolute atomic E-state index is 12.6. The second kappa shape index (κ2) is 6.10. The maximum Gasteiger partial charge on any atom is 0.416 e. The molecule has 2 nitrogen and oxygen atoms in total. The van der Waals surface area contributed by atoms with Gasteiger partial charge >= 0.3 is 6.18 Å². The first kappa shape index (κ1) is 15.3. The van der Waals surface area contributed by atoms with E-state index in [4.69, 9.17) is 5.73 Å². The number of carbonyl (C=O) groups excluding carboxylic acids is 1. The van der Waals surface area contributed by atoms with Crippen molar-refractivity contribution in [3.8, 4) is 0 Å². The van der Waals surface area contributed by atoms with Crippen LogP contribution in [-0.2, 0) is 12.6 Å². The number of carbonyl (C=O) groups is 1. The molecule has 21 heavy (non-hydrogen) atoms. The van der Waals surface area contributed by atoms with Gasteiger partial charge in [-0.2, -0.15) is 13.2 Å². The molecular weight excluding hydrogens is 279 g/mol. The Balaban J connectivity index is 2.16. The van der Waals surface area contributed by atoms with Crippen molar-refractivity contribution in [3.05, 3.63) is 71.3 Å². The second-order valence-electron chi connectivity index (χ2n) is 4.74. The maximum atomic E-state index is 12.6. The molecule has 2 aromatic rings. The Hall–Kier alpha value is -2.14. The molecule has 0 saturated heterocycles. The fourth-order valence-corrected chi connectivity index (χ4v) is 2.02. The summed E-state index contributed by atoms with van der Waals surface area (Å²) in [6.45, 7) is 0. The average molecular weight is 293 g/mol. The molecule has 0 saturated carbocycles. The summed E-state index contributed by atoms with van der Waals surface area (Å²) in [6.07, 6.45) is -4.18. The SMILES string of the molecule is NC(Cc1ccccc1)C(=O)c1cccc(C(F)(F)F)c1. The lowest BCUT2D eigenvalue weighted by molar-refractivity contribution is -0.137. The molecular formula is C16H14F3NO. The molecule has 0 heterocycles. The minimum Gasteiger partial charge on any atom is -0.321 e. The number of alkyl halides is 3. The van der Waals surface area contributed by atoms with Crippen LogP contribution in [0.4, 0.5) is 13.2 Å². The molecule has 0 aliphatic carbocycles. The summed E-state index contributed by atoms with van der Waals surface area (Å²) in [5.41, 5.74) is 5.81. The van der Waals surface area contributed by atoms with E-state index in [1.54, 1.807) is 0 Å². The van der Waals surface area contributed by atoms with Gasteiger partial charge in [-0.25, -0.2) is 0 Å². The molecule has 0 amide bonds. The monoisotopic (exact) mass is 293 g/mol. The van der Waals surface area contributed by atoms with Crippen LogP contribution in [0.5, 0.6) is 0 Å². The van der Waals surface area contributed by atoms with E-state index >= 15 is 0 Å². The summed E-state index contributed by atoms with van der Waals surface area (Å²) in [7, 11) is 0. The quantitative estimate of drug-likeness (QED) is 0.877. The summed E-state index contributed by atoms with van der Waals surface area (Å²) >= 11 is 0. The van der Waals surface area contributed by atoms with Gasteiger partial charge in [0.2, 0.25) is 0 Å². The van der Waals surface area contributed by atoms with E-state index in [0.717, 1.165) is 17.7 Å². The molecule has 0 spiro atoms. The largest absolute Gasteiger partial charge is 0.416 e. The van der Waals surface area contributed by atoms with Gasteiger partial charge in [0.15, 0.2) is 5.78 Å². The number of hydrogen-bond acceptors (Lipinski definition) is 2. The standard InChI is InChI=1S/C16H14F3NO/c17-16(18,19)13-8-4-7-12(10-13)15(21)14(20)9-11-5-2-1-3-6-11/h1-8,10,14H,9,20H2. The fraction of sp³-hybridized carbons (Fsp3) is 0.188. The van der Waals surface area contributed by atoms with Crippen molar-refractivity contribution >= 4 is 5.78 Å². The van der Waals surface area contributed by atoms with Crippen molar-refractivity contribution in [2.24, 2.45) is 5.73 Å². The van der Waals surface area contributed by atoms with E-state index in [9.17, 15) is 18.0 Å². The zero-order valence-corrected chi connectivity index (χ0v) is 11.1. The summed E-state index contributed by atoms with van der Waals surface area (Å²) in [5.74, 6) is -0.495. The third kappa shape index (κ3) is 3.92. The van der Waals surface area contributed by atoms with Crippen molar-refractivity contribution in [1.29, 1.82) is 0 Å². The number of benzene rings is 2. The first-order valence-electron chi connectivity index (χ1n) is 6.39. The number of ketones is 1. The van der Waals surface area contributed by atoms with Gasteiger partial charge in [0.05, 0.1) is 11.6 Å². The lowest BCUT2D eigenvalue weighted by Gasteiger charge is -2.12. The van der Waals surface area contributed by atoms with Crippen molar-refractivity contribution in [2.45, 2.75) is 18.6 Å². The Morgan fingerprint density at radius 3 is 2.33 bits per heavy atom. The highest BCUT2D eigenvalue weighted by Crippen LogP contribution is 2.29. The molecule has 2 aromatic carbocycles. The van der Waals surface area contributed by atoms with Crippen molar-refractivity contribution < 1.29 is 18.0 Å². The van der Waals surface area contributed by atoms with Crippen LogP contribution in [0.25, 0.3) is 0 Å². The number of nitrogens with two attached hydrogens (primary N) is 1. The molecule has 1 atom stereocenters. The van der Waals surface area contributed by atoms with E-state index in [1.165, 1.54) is 12.1 Å². The van der Waals surface area contributed by atoms with Crippen LogP contribution < -0.4 is 5.73 Å². The van der Waals surface area contributed by atoms with Crippen LogP contribution >= 0.6 is 0 Å². The number of Topliss-reactive ketones (excluding diaryl/α,β-unsaturated/α-hetero) is 1. The van der Waals surface area contributed by atoms with Gasteiger partial charge in [-0.1, -0.05) is 42.5 Å². The Bertz CT molecular complexity index is 623. The van der Waals surface area contributed by atoms with Gasteiger partial charge in [0.25, 0.3) is 0 Å². The first-order valence-corrected chi connectivity index (χ1v) is 6.39. The molecule has 5 heteroatoms. The normalized spacial score (nSPS) is 13.0. The zero-order chi connectivity index (χ0) is 15.5. The van der Waals surface area contributed by atoms with Gasteiger partial charge < -0.3 is 5.73 Å². The Labute approximate surface area is 120 Å². The van der Waals surface area contributed by atoms with E-state index < -0.39 is 23.6 Å². The molecule has 2 rings (SSSR count). The lowest BCUT2D eigenvalue weighted by atomic mass is 9.97. The molecule has 0 aromatic heterocycles. The number of rotatable bonds is 4. The van der Waals surface area contributed by atoms with Crippen LogP contribution in [0.3, 0.4) is 0 Å². The van der Waals surface area contributed by atoms with Gasteiger partial charge in [-0.3, -0.25) is 4.79 Å². The minimum atomic E-state index is -4.47. The zero-order valence-electron chi connectivity index (χ0n) is 11.1. The van der Waals surface area contributed by atoms with Crippen molar-refractivity contribution in [3.63, 3.8) is 0 Å². The van der Waals surface area contributed by atoms with E-state index in [0.29, 0.717) is 0 Å². The summed E-state index contributed by atoms with van der Waals surface area (Å²) in [4.78, 5) is 12.1. The van der Waals surface area contributed by atoms with Gasteiger partial charge in [-0.15, -0.1) is 0 Å². The molecule has 0 aliphatic heterocycles. The van der Waals surface area contributed by atoms with Gasteiger partial charge in [-0.05, 0) is 24.1 Å². The molecule has 110 valence electrons. The van der Waals surface area contributed by atoms with Gasteiger partial charge in [0, 0.05) is 5.56 Å². The predicted molar refractivity (Wildman–Crippen MR) is 73.9 cm³/mol. The van der Waals surface area contributed by atoms with Crippen molar-refractivity contribution in [2.75, 3.05) is 0 Å². The molecule has 0 fully saturated rings. The summed E-state index contributed by atoms with van der Waals surface area (Å²) in [6, 6.07) is 12.6.